The lowest BCUT2D eigenvalue weighted by molar-refractivity contribution is 0.271. The third kappa shape index (κ3) is 1.79. The van der Waals surface area contributed by atoms with Gasteiger partial charge in [-0.05, 0) is 12.1 Å². The molecule has 1 aromatic carbocycles. The minimum Gasteiger partial charge on any atom is -0.497 e. The SMILES string of the molecule is CONc1cc(OC)ccc1N. The number of hydrogen-bond acceptors (Lipinski definition) is 4. The molecule has 1 rings (SSSR count). The van der Waals surface area contributed by atoms with Gasteiger partial charge in [0.05, 0.1) is 25.6 Å². The number of nitrogens with one attached hydrogen (secondary N) is 1. The molecule has 0 aliphatic heterocycles. The maximum atomic E-state index is 5.63. The van der Waals surface area contributed by atoms with E-state index in [4.69, 9.17) is 15.3 Å². The molecule has 12 heavy (non-hydrogen) atoms. The fourth-order valence-electron chi connectivity index (χ4n) is 0.861. The second-order valence-electron chi connectivity index (χ2n) is 2.26. The predicted molar refractivity (Wildman–Crippen MR) is 48.0 cm³/mol. The molecule has 0 saturated carbocycles. The molecule has 4 nitrogen and oxygen atoms in total. The first-order valence-electron chi connectivity index (χ1n) is 3.50. The van der Waals surface area contributed by atoms with Gasteiger partial charge in [-0.1, -0.05) is 0 Å². The van der Waals surface area contributed by atoms with Crippen LogP contribution >= 0.6 is 0 Å². The topological polar surface area (TPSA) is 56.5 Å². The number of rotatable bonds is 3. The van der Waals surface area contributed by atoms with Crippen molar-refractivity contribution < 1.29 is 9.57 Å². The summed E-state index contributed by atoms with van der Waals surface area (Å²) in [6.45, 7) is 0. The van der Waals surface area contributed by atoms with Gasteiger partial charge in [0.25, 0.3) is 0 Å². The standard InChI is InChI=1S/C8H12N2O2/c1-11-6-3-4-7(9)8(5-6)10-12-2/h3-5,10H,9H2,1-2H3. The third-order valence-corrected chi connectivity index (χ3v) is 1.47. The lowest BCUT2D eigenvalue weighted by Gasteiger charge is -2.08. The van der Waals surface area contributed by atoms with Crippen molar-refractivity contribution in [2.45, 2.75) is 0 Å². The van der Waals surface area contributed by atoms with Crippen molar-refractivity contribution in [3.05, 3.63) is 18.2 Å². The van der Waals surface area contributed by atoms with Crippen molar-refractivity contribution in [3.8, 4) is 5.75 Å². The molecule has 0 spiro atoms. The zero-order valence-electron chi connectivity index (χ0n) is 7.13. The van der Waals surface area contributed by atoms with Crippen molar-refractivity contribution in [1.82, 2.24) is 0 Å². The molecule has 0 amide bonds. The first-order chi connectivity index (χ1) is 5.77. The second kappa shape index (κ2) is 3.82. The summed E-state index contributed by atoms with van der Waals surface area (Å²) in [6.07, 6.45) is 0. The largest absolute Gasteiger partial charge is 0.497 e. The normalized spacial score (nSPS) is 9.50. The van der Waals surface area contributed by atoms with Gasteiger partial charge in [-0.2, -0.15) is 0 Å². The van der Waals surface area contributed by atoms with E-state index in [0.29, 0.717) is 11.4 Å². The molecule has 0 aliphatic carbocycles. The zero-order chi connectivity index (χ0) is 8.97. The molecule has 0 fully saturated rings. The van der Waals surface area contributed by atoms with Gasteiger partial charge in [-0.15, -0.1) is 0 Å². The van der Waals surface area contributed by atoms with Gasteiger partial charge in [0.15, 0.2) is 0 Å². The minimum absolute atomic E-state index is 0.623. The number of methoxy groups -OCH3 is 1. The summed E-state index contributed by atoms with van der Waals surface area (Å²) in [4.78, 5) is 4.72. The zero-order valence-corrected chi connectivity index (χ0v) is 7.13. The summed E-state index contributed by atoms with van der Waals surface area (Å²) < 4.78 is 5.01. The molecule has 4 heteroatoms. The number of nitrogen functional groups attached to an aromatic ring is 1. The minimum atomic E-state index is 0.623. The third-order valence-electron chi connectivity index (χ3n) is 1.47. The second-order valence-corrected chi connectivity index (χ2v) is 2.26. The fourth-order valence-corrected chi connectivity index (χ4v) is 0.861. The van der Waals surface area contributed by atoms with Crippen LogP contribution in [-0.2, 0) is 4.84 Å². The van der Waals surface area contributed by atoms with Gasteiger partial charge in [0.2, 0.25) is 0 Å². The van der Waals surface area contributed by atoms with Crippen molar-refractivity contribution in [2.24, 2.45) is 0 Å². The Kier molecular flexibility index (Phi) is 2.76. The summed E-state index contributed by atoms with van der Waals surface area (Å²) in [5.41, 5.74) is 9.61. The van der Waals surface area contributed by atoms with Crippen LogP contribution in [0.25, 0.3) is 0 Å². The monoisotopic (exact) mass is 168 g/mol. The Hall–Kier alpha value is -1.42. The summed E-state index contributed by atoms with van der Waals surface area (Å²) >= 11 is 0. The Labute approximate surface area is 71.2 Å². The Morgan fingerprint density at radius 2 is 2.08 bits per heavy atom. The molecule has 0 aromatic heterocycles. The number of nitrogens with two attached hydrogens (primary N) is 1. The summed E-state index contributed by atoms with van der Waals surface area (Å²) in [6, 6.07) is 5.30. The van der Waals surface area contributed by atoms with Crippen LogP contribution in [0.15, 0.2) is 18.2 Å². The van der Waals surface area contributed by atoms with Gasteiger partial charge in [0.1, 0.15) is 5.75 Å². The number of anilines is 2. The summed E-state index contributed by atoms with van der Waals surface area (Å²) in [7, 11) is 3.13. The van der Waals surface area contributed by atoms with Gasteiger partial charge in [-0.3, -0.25) is 10.3 Å². The highest BCUT2D eigenvalue weighted by atomic mass is 16.6. The first-order valence-corrected chi connectivity index (χ1v) is 3.50. The van der Waals surface area contributed by atoms with Crippen LogP contribution in [0.5, 0.6) is 5.75 Å². The van der Waals surface area contributed by atoms with Gasteiger partial charge in [-0.25, -0.2) is 0 Å². The molecule has 3 N–H and O–H groups in total. The Balaban J connectivity index is 2.91. The van der Waals surface area contributed by atoms with Crippen molar-refractivity contribution >= 4 is 11.4 Å². The Morgan fingerprint density at radius 1 is 1.33 bits per heavy atom. The van der Waals surface area contributed by atoms with E-state index in [1.54, 1.807) is 25.3 Å². The van der Waals surface area contributed by atoms with Crippen molar-refractivity contribution in [1.29, 1.82) is 0 Å². The predicted octanol–water partition coefficient (Wildman–Crippen LogP) is 1.25. The number of benzene rings is 1. The van der Waals surface area contributed by atoms with Crippen LogP contribution < -0.4 is 16.0 Å². The molecule has 0 radical (unpaired) electrons. The lowest BCUT2D eigenvalue weighted by atomic mass is 10.2. The van der Waals surface area contributed by atoms with E-state index in [2.05, 4.69) is 5.48 Å². The maximum Gasteiger partial charge on any atom is 0.121 e. The highest BCUT2D eigenvalue weighted by Crippen LogP contribution is 2.23. The van der Waals surface area contributed by atoms with Gasteiger partial charge < -0.3 is 10.5 Å². The molecular weight excluding hydrogens is 156 g/mol. The smallest absolute Gasteiger partial charge is 0.121 e. The molecule has 0 heterocycles. The number of ether oxygens (including phenoxy) is 1. The van der Waals surface area contributed by atoms with Crippen molar-refractivity contribution in [2.75, 3.05) is 25.4 Å². The van der Waals surface area contributed by atoms with E-state index in [-0.39, 0.29) is 0 Å². The summed E-state index contributed by atoms with van der Waals surface area (Å²) in [5, 5.41) is 0. The van der Waals surface area contributed by atoms with Crippen LogP contribution in [-0.4, -0.2) is 14.2 Å². The van der Waals surface area contributed by atoms with Crippen LogP contribution in [0.4, 0.5) is 11.4 Å². The molecule has 0 aliphatic rings. The molecule has 0 saturated heterocycles. The molecular formula is C8H12N2O2. The maximum absolute atomic E-state index is 5.63. The van der Waals surface area contributed by atoms with Gasteiger partial charge >= 0.3 is 0 Å². The average molecular weight is 168 g/mol. The molecule has 0 unspecified atom stereocenters. The fraction of sp³-hybridized carbons (Fsp3) is 0.250. The Morgan fingerprint density at radius 3 is 2.67 bits per heavy atom. The van der Waals surface area contributed by atoms with E-state index < -0.39 is 0 Å². The van der Waals surface area contributed by atoms with Crippen molar-refractivity contribution in [3.63, 3.8) is 0 Å². The lowest BCUT2D eigenvalue weighted by Crippen LogP contribution is -2.00. The first kappa shape index (κ1) is 8.67. The van der Waals surface area contributed by atoms with Crippen LogP contribution in [0.1, 0.15) is 0 Å². The van der Waals surface area contributed by atoms with E-state index in [0.717, 1.165) is 5.75 Å². The van der Waals surface area contributed by atoms with Gasteiger partial charge in [0, 0.05) is 6.07 Å². The van der Waals surface area contributed by atoms with Crippen LogP contribution in [0.3, 0.4) is 0 Å². The molecule has 0 atom stereocenters. The quantitative estimate of drug-likeness (QED) is 0.526. The van der Waals surface area contributed by atoms with E-state index >= 15 is 0 Å². The molecule has 0 bridgehead atoms. The summed E-state index contributed by atoms with van der Waals surface area (Å²) in [5.74, 6) is 0.740. The highest BCUT2D eigenvalue weighted by molar-refractivity contribution is 5.67. The van der Waals surface area contributed by atoms with E-state index in [9.17, 15) is 0 Å². The molecule has 1 aromatic rings. The van der Waals surface area contributed by atoms with Crippen LogP contribution in [0, 0.1) is 0 Å². The average Bonchev–Trinajstić information content (AvgIpc) is 2.09. The Bertz CT molecular complexity index is 263. The molecule has 66 valence electrons. The number of hydrogen-bond donors (Lipinski definition) is 2. The van der Waals surface area contributed by atoms with Crippen LogP contribution in [0.2, 0.25) is 0 Å². The highest BCUT2D eigenvalue weighted by Gasteiger charge is 1.99. The van der Waals surface area contributed by atoms with E-state index in [1.165, 1.54) is 7.11 Å². The van der Waals surface area contributed by atoms with E-state index in [1.807, 2.05) is 0 Å².